The number of carbonyl (C=O) groups excluding carboxylic acids is 3. The zero-order chi connectivity index (χ0) is 50.7. The third-order valence-electron chi connectivity index (χ3n) is 13.9. The van der Waals surface area contributed by atoms with E-state index < -0.39 is 6.10 Å². The van der Waals surface area contributed by atoms with Crippen LogP contribution < -0.4 is 0 Å². The van der Waals surface area contributed by atoms with Gasteiger partial charge in [0.2, 0.25) is 0 Å². The number of hydrogen-bond donors (Lipinski definition) is 0. The molecule has 0 aliphatic heterocycles. The van der Waals surface area contributed by atoms with Crippen molar-refractivity contribution in [3.63, 3.8) is 0 Å². The Labute approximate surface area is 435 Å². The van der Waals surface area contributed by atoms with E-state index >= 15 is 0 Å². The lowest BCUT2D eigenvalue weighted by Gasteiger charge is -2.18. The number of hydrogen-bond acceptors (Lipinski definition) is 6. The molecule has 0 amide bonds. The molecule has 0 aliphatic carbocycles. The molecule has 1 unspecified atom stereocenters. The highest BCUT2D eigenvalue weighted by Crippen LogP contribution is 2.17. The summed E-state index contributed by atoms with van der Waals surface area (Å²) in [6.07, 6.45) is 71.5. The van der Waals surface area contributed by atoms with E-state index in [9.17, 15) is 14.4 Å². The highest BCUT2D eigenvalue weighted by atomic mass is 16.6. The Morgan fingerprint density at radius 1 is 0.286 bits per heavy atom. The van der Waals surface area contributed by atoms with Crippen LogP contribution in [0.5, 0.6) is 0 Å². The lowest BCUT2D eigenvalue weighted by atomic mass is 10.0. The fraction of sp³-hybridized carbons (Fsp3) is 0.859. The smallest absolute Gasteiger partial charge is 0.306 e. The zero-order valence-electron chi connectivity index (χ0n) is 47.1. The summed E-state index contributed by atoms with van der Waals surface area (Å²) in [5.41, 5.74) is 0. The standard InChI is InChI=1S/C64H118O6/c1-4-7-10-13-16-19-22-25-27-29-30-31-32-33-34-35-36-38-39-42-45-48-51-54-57-63(66)69-60-61(59-68-62(65)56-53-50-47-44-41-24-21-18-15-12-9-6-3)70-64(67)58-55-52-49-46-43-40-37-28-26-23-20-17-14-11-8-5-2/h18,20-21,23,28,37,61H,4-17,19,22,24-27,29-36,38-60H2,1-3H3/b21-18-,23-20-,37-28-. The van der Waals surface area contributed by atoms with E-state index in [1.807, 2.05) is 0 Å². The predicted octanol–water partition coefficient (Wildman–Crippen LogP) is 20.8. The van der Waals surface area contributed by atoms with E-state index in [1.54, 1.807) is 0 Å². The quantitative estimate of drug-likeness (QED) is 0.0261. The minimum absolute atomic E-state index is 0.0768. The molecule has 0 aromatic heterocycles. The van der Waals surface area contributed by atoms with E-state index in [-0.39, 0.29) is 31.1 Å². The average molecular weight is 984 g/mol. The Morgan fingerprint density at radius 2 is 0.514 bits per heavy atom. The Balaban J connectivity index is 4.24. The summed E-state index contributed by atoms with van der Waals surface area (Å²) in [4.78, 5) is 38.2. The Hall–Kier alpha value is -2.37. The second-order valence-electron chi connectivity index (χ2n) is 21.0. The minimum atomic E-state index is -0.780. The lowest BCUT2D eigenvalue weighted by molar-refractivity contribution is -0.167. The van der Waals surface area contributed by atoms with Gasteiger partial charge in [-0.05, 0) is 77.0 Å². The molecule has 0 saturated carbocycles. The third kappa shape index (κ3) is 56.5. The molecule has 410 valence electrons. The van der Waals surface area contributed by atoms with Gasteiger partial charge in [-0.1, -0.05) is 276 Å². The van der Waals surface area contributed by atoms with Crippen LogP contribution in [0.2, 0.25) is 0 Å². The van der Waals surface area contributed by atoms with Gasteiger partial charge in [-0.2, -0.15) is 0 Å². The summed E-state index contributed by atoms with van der Waals surface area (Å²) in [6.45, 7) is 6.63. The number of ether oxygens (including phenoxy) is 3. The molecular formula is C64H118O6. The van der Waals surface area contributed by atoms with Gasteiger partial charge in [0.1, 0.15) is 13.2 Å². The summed E-state index contributed by atoms with van der Waals surface area (Å²) < 4.78 is 16.9. The van der Waals surface area contributed by atoms with Crippen molar-refractivity contribution < 1.29 is 28.6 Å². The molecular weight excluding hydrogens is 865 g/mol. The van der Waals surface area contributed by atoms with Crippen molar-refractivity contribution in [2.45, 2.75) is 341 Å². The minimum Gasteiger partial charge on any atom is -0.462 e. The maximum absolute atomic E-state index is 12.9. The monoisotopic (exact) mass is 983 g/mol. The maximum atomic E-state index is 12.9. The summed E-state index contributed by atoms with van der Waals surface area (Å²) in [7, 11) is 0. The van der Waals surface area contributed by atoms with Crippen LogP contribution in [0.25, 0.3) is 0 Å². The second kappa shape index (κ2) is 59.2. The molecule has 0 fully saturated rings. The lowest BCUT2D eigenvalue weighted by Crippen LogP contribution is -2.30. The molecule has 0 radical (unpaired) electrons. The van der Waals surface area contributed by atoms with E-state index in [0.717, 1.165) is 89.9 Å². The molecule has 1 atom stereocenters. The molecule has 0 heterocycles. The number of allylic oxidation sites excluding steroid dienone is 6. The molecule has 0 N–H and O–H groups in total. The van der Waals surface area contributed by atoms with Crippen LogP contribution in [0.15, 0.2) is 36.5 Å². The predicted molar refractivity (Wildman–Crippen MR) is 302 cm³/mol. The van der Waals surface area contributed by atoms with E-state index in [2.05, 4.69) is 57.2 Å². The molecule has 6 nitrogen and oxygen atoms in total. The fourth-order valence-corrected chi connectivity index (χ4v) is 9.18. The van der Waals surface area contributed by atoms with Crippen LogP contribution in [-0.4, -0.2) is 37.2 Å². The van der Waals surface area contributed by atoms with Gasteiger partial charge >= 0.3 is 17.9 Å². The fourth-order valence-electron chi connectivity index (χ4n) is 9.18. The van der Waals surface area contributed by atoms with E-state index in [4.69, 9.17) is 14.2 Å². The van der Waals surface area contributed by atoms with Gasteiger partial charge in [0.25, 0.3) is 0 Å². The van der Waals surface area contributed by atoms with Gasteiger partial charge in [0, 0.05) is 19.3 Å². The average Bonchev–Trinajstić information content (AvgIpc) is 3.36. The number of unbranched alkanes of at least 4 members (excludes halogenated alkanes) is 40. The van der Waals surface area contributed by atoms with E-state index in [0.29, 0.717) is 19.3 Å². The molecule has 70 heavy (non-hydrogen) atoms. The summed E-state index contributed by atoms with van der Waals surface area (Å²) in [6, 6.07) is 0. The van der Waals surface area contributed by atoms with Crippen LogP contribution in [0.3, 0.4) is 0 Å². The Morgan fingerprint density at radius 3 is 0.843 bits per heavy atom. The topological polar surface area (TPSA) is 78.9 Å². The number of esters is 3. The van der Waals surface area contributed by atoms with Gasteiger partial charge in [-0.25, -0.2) is 0 Å². The molecule has 6 heteroatoms. The van der Waals surface area contributed by atoms with Crippen LogP contribution in [0.1, 0.15) is 335 Å². The number of carbonyl (C=O) groups is 3. The van der Waals surface area contributed by atoms with Crippen molar-refractivity contribution in [2.75, 3.05) is 13.2 Å². The van der Waals surface area contributed by atoms with Crippen LogP contribution >= 0.6 is 0 Å². The van der Waals surface area contributed by atoms with Crippen molar-refractivity contribution >= 4 is 17.9 Å². The SMILES string of the molecule is CCCCC/C=C\CCCCCCCC(=O)OCC(COC(=O)CCCCCCCCCCCCCCCCCCCCCCCCCC)OC(=O)CCCCCCC/C=C\C/C=C\CCCCCC. The first-order chi connectivity index (χ1) is 34.5. The van der Waals surface area contributed by atoms with Gasteiger partial charge in [0.05, 0.1) is 0 Å². The molecule has 0 spiro atoms. The largest absolute Gasteiger partial charge is 0.462 e. The first-order valence-electron chi connectivity index (χ1n) is 31.0. The van der Waals surface area contributed by atoms with Gasteiger partial charge in [-0.15, -0.1) is 0 Å². The van der Waals surface area contributed by atoms with Crippen molar-refractivity contribution in [1.29, 1.82) is 0 Å². The molecule has 0 aromatic carbocycles. The van der Waals surface area contributed by atoms with Crippen LogP contribution in [0.4, 0.5) is 0 Å². The normalized spacial score (nSPS) is 12.2. The number of rotatable bonds is 57. The van der Waals surface area contributed by atoms with Crippen LogP contribution in [0, 0.1) is 0 Å². The van der Waals surface area contributed by atoms with Crippen molar-refractivity contribution in [3.05, 3.63) is 36.5 Å². The molecule has 0 rings (SSSR count). The van der Waals surface area contributed by atoms with Gasteiger partial charge < -0.3 is 14.2 Å². The summed E-state index contributed by atoms with van der Waals surface area (Å²) in [5.74, 6) is -0.881. The highest BCUT2D eigenvalue weighted by molar-refractivity contribution is 5.71. The Kier molecular flexibility index (Phi) is 57.2. The van der Waals surface area contributed by atoms with Gasteiger partial charge in [0.15, 0.2) is 6.10 Å². The zero-order valence-corrected chi connectivity index (χ0v) is 47.1. The second-order valence-corrected chi connectivity index (χ2v) is 21.0. The molecule has 0 saturated heterocycles. The highest BCUT2D eigenvalue weighted by Gasteiger charge is 2.19. The maximum Gasteiger partial charge on any atom is 0.306 e. The van der Waals surface area contributed by atoms with Crippen molar-refractivity contribution in [1.82, 2.24) is 0 Å². The third-order valence-corrected chi connectivity index (χ3v) is 13.9. The van der Waals surface area contributed by atoms with E-state index in [1.165, 1.54) is 205 Å². The van der Waals surface area contributed by atoms with Crippen molar-refractivity contribution in [2.24, 2.45) is 0 Å². The Bertz CT molecular complexity index is 1170. The molecule has 0 bridgehead atoms. The molecule has 0 aliphatic rings. The summed E-state index contributed by atoms with van der Waals surface area (Å²) in [5, 5.41) is 0. The van der Waals surface area contributed by atoms with Gasteiger partial charge in [-0.3, -0.25) is 14.4 Å². The van der Waals surface area contributed by atoms with Crippen molar-refractivity contribution in [3.8, 4) is 0 Å². The summed E-state index contributed by atoms with van der Waals surface area (Å²) >= 11 is 0. The molecule has 0 aromatic rings. The first kappa shape index (κ1) is 67.6. The van der Waals surface area contributed by atoms with Crippen LogP contribution in [-0.2, 0) is 28.6 Å². The first-order valence-corrected chi connectivity index (χ1v) is 31.0.